The molecular weight excluding hydrogens is 400 g/mol. The average Bonchev–Trinajstić information content (AvgIpc) is 2.75. The third-order valence-corrected chi connectivity index (χ3v) is 6.62. The lowest BCUT2D eigenvalue weighted by molar-refractivity contribution is 0.0706. The number of hydroxylamine groups is 1. The molecule has 0 heterocycles. The smallest absolute Gasteiger partial charge is 0.274 e. The molecule has 0 aliphatic carbocycles. The van der Waals surface area contributed by atoms with E-state index in [4.69, 9.17) is 5.21 Å². The van der Waals surface area contributed by atoms with Crippen molar-refractivity contribution in [3.05, 3.63) is 101 Å². The van der Waals surface area contributed by atoms with Gasteiger partial charge in [-0.25, -0.2) is 13.9 Å². The van der Waals surface area contributed by atoms with Crippen LogP contribution in [0.15, 0.2) is 77.7 Å². The van der Waals surface area contributed by atoms with E-state index in [1.165, 1.54) is 4.31 Å². The second-order valence-corrected chi connectivity index (χ2v) is 9.15. The Morgan fingerprint density at radius 3 is 1.70 bits per heavy atom. The molecule has 3 aromatic carbocycles. The summed E-state index contributed by atoms with van der Waals surface area (Å²) >= 11 is 0. The molecule has 1 amide bonds. The predicted molar refractivity (Wildman–Crippen MR) is 114 cm³/mol. The quantitative estimate of drug-likeness (QED) is 0.446. The van der Waals surface area contributed by atoms with Gasteiger partial charge in [-0.05, 0) is 49.2 Å². The van der Waals surface area contributed by atoms with E-state index in [0.717, 1.165) is 22.3 Å². The Labute approximate surface area is 176 Å². The molecule has 0 aliphatic rings. The minimum Gasteiger partial charge on any atom is -0.288 e. The third-order valence-electron chi connectivity index (χ3n) is 4.81. The zero-order chi connectivity index (χ0) is 21.7. The molecule has 7 heteroatoms. The van der Waals surface area contributed by atoms with E-state index in [0.29, 0.717) is 0 Å². The number of carbonyl (C=O) groups is 1. The van der Waals surface area contributed by atoms with Crippen molar-refractivity contribution >= 4 is 15.9 Å². The van der Waals surface area contributed by atoms with Crippen molar-refractivity contribution in [3.63, 3.8) is 0 Å². The van der Waals surface area contributed by atoms with Crippen molar-refractivity contribution in [1.29, 1.82) is 0 Å². The van der Waals surface area contributed by atoms with Crippen molar-refractivity contribution in [2.24, 2.45) is 0 Å². The first kappa shape index (κ1) is 21.7. The van der Waals surface area contributed by atoms with Gasteiger partial charge in [-0.15, -0.1) is 0 Å². The van der Waals surface area contributed by atoms with Crippen LogP contribution in [0.25, 0.3) is 0 Å². The molecule has 0 aliphatic heterocycles. The summed E-state index contributed by atoms with van der Waals surface area (Å²) < 4.78 is 28.2. The minimum absolute atomic E-state index is 0.144. The van der Waals surface area contributed by atoms with Crippen LogP contribution in [0.3, 0.4) is 0 Å². The van der Waals surface area contributed by atoms with Crippen LogP contribution in [-0.2, 0) is 23.1 Å². The number of amides is 1. The van der Waals surface area contributed by atoms with Crippen LogP contribution in [0, 0.1) is 13.8 Å². The number of nitrogens with zero attached hydrogens (tertiary/aromatic N) is 1. The molecule has 0 saturated carbocycles. The van der Waals surface area contributed by atoms with Crippen molar-refractivity contribution in [3.8, 4) is 0 Å². The molecule has 3 rings (SSSR count). The number of hydrogen-bond donors (Lipinski definition) is 2. The van der Waals surface area contributed by atoms with Crippen LogP contribution in [0.1, 0.15) is 32.6 Å². The monoisotopic (exact) mass is 424 g/mol. The molecule has 2 N–H and O–H groups in total. The lowest BCUT2D eigenvalue weighted by Crippen LogP contribution is -2.30. The summed E-state index contributed by atoms with van der Waals surface area (Å²) in [6.07, 6.45) is 0. The molecule has 0 fully saturated rings. The van der Waals surface area contributed by atoms with Gasteiger partial charge in [0, 0.05) is 18.7 Å². The summed E-state index contributed by atoms with van der Waals surface area (Å²) in [5.41, 5.74) is 5.56. The van der Waals surface area contributed by atoms with Crippen molar-refractivity contribution in [2.75, 3.05) is 0 Å². The van der Waals surface area contributed by atoms with Gasteiger partial charge in [0.2, 0.25) is 10.0 Å². The second kappa shape index (κ2) is 9.21. The van der Waals surface area contributed by atoms with E-state index < -0.39 is 15.9 Å². The lowest BCUT2D eigenvalue weighted by atomic mass is 10.1. The highest BCUT2D eigenvalue weighted by atomic mass is 32.2. The summed E-state index contributed by atoms with van der Waals surface area (Å²) in [6.45, 7) is 4.25. The van der Waals surface area contributed by atoms with Crippen LogP contribution in [-0.4, -0.2) is 23.8 Å². The summed E-state index contributed by atoms with van der Waals surface area (Å²) in [7, 11) is -3.74. The highest BCUT2D eigenvalue weighted by molar-refractivity contribution is 7.89. The van der Waals surface area contributed by atoms with Crippen LogP contribution in [0.4, 0.5) is 0 Å². The molecule has 0 radical (unpaired) electrons. The van der Waals surface area contributed by atoms with Crippen LogP contribution in [0.5, 0.6) is 0 Å². The fourth-order valence-electron chi connectivity index (χ4n) is 3.01. The van der Waals surface area contributed by atoms with E-state index in [2.05, 4.69) is 0 Å². The third kappa shape index (κ3) is 5.13. The minimum atomic E-state index is -3.74. The fraction of sp³-hybridized carbons (Fsp3) is 0.174. The van der Waals surface area contributed by atoms with Gasteiger partial charge in [0.1, 0.15) is 0 Å². The maximum absolute atomic E-state index is 13.4. The van der Waals surface area contributed by atoms with Crippen molar-refractivity contribution in [1.82, 2.24) is 9.79 Å². The van der Waals surface area contributed by atoms with Gasteiger partial charge in [-0.2, -0.15) is 4.31 Å². The molecule has 0 spiro atoms. The van der Waals surface area contributed by atoms with E-state index >= 15 is 0 Å². The summed E-state index contributed by atoms with van der Waals surface area (Å²) in [4.78, 5) is 11.8. The van der Waals surface area contributed by atoms with Crippen LogP contribution < -0.4 is 5.48 Å². The number of sulfonamides is 1. The molecule has 30 heavy (non-hydrogen) atoms. The number of aryl methyl sites for hydroxylation is 2. The second-order valence-electron chi connectivity index (χ2n) is 7.21. The topological polar surface area (TPSA) is 86.7 Å². The Hall–Kier alpha value is -3.00. The predicted octanol–water partition coefficient (Wildman–Crippen LogP) is 3.81. The van der Waals surface area contributed by atoms with Gasteiger partial charge < -0.3 is 0 Å². The molecule has 0 atom stereocenters. The first-order valence-electron chi connectivity index (χ1n) is 9.45. The normalized spacial score (nSPS) is 11.5. The Morgan fingerprint density at radius 1 is 0.800 bits per heavy atom. The van der Waals surface area contributed by atoms with Crippen LogP contribution >= 0.6 is 0 Å². The molecule has 0 saturated heterocycles. The van der Waals surface area contributed by atoms with Gasteiger partial charge in [0.25, 0.3) is 5.91 Å². The zero-order valence-corrected chi connectivity index (χ0v) is 17.7. The van der Waals surface area contributed by atoms with Crippen molar-refractivity contribution < 1.29 is 18.4 Å². The zero-order valence-electron chi connectivity index (χ0n) is 16.9. The molecule has 0 aromatic heterocycles. The van der Waals surface area contributed by atoms with Crippen LogP contribution in [0.2, 0.25) is 0 Å². The first-order valence-corrected chi connectivity index (χ1v) is 10.9. The number of hydrogen-bond acceptors (Lipinski definition) is 4. The molecular formula is C23H24N2O4S. The van der Waals surface area contributed by atoms with Gasteiger partial charge >= 0.3 is 0 Å². The average molecular weight is 425 g/mol. The first-order chi connectivity index (χ1) is 14.3. The van der Waals surface area contributed by atoms with Gasteiger partial charge in [0.05, 0.1) is 4.90 Å². The molecule has 0 bridgehead atoms. The Morgan fingerprint density at radius 2 is 1.23 bits per heavy atom. The van der Waals surface area contributed by atoms with Gasteiger partial charge in [-0.1, -0.05) is 59.7 Å². The SMILES string of the molecule is Cc1ccc(CN(Cc2ccc(C(=O)NO)cc2)S(=O)(=O)c2ccc(C)cc2)cc1. The number of nitrogens with one attached hydrogen (secondary N) is 1. The largest absolute Gasteiger partial charge is 0.288 e. The molecule has 156 valence electrons. The standard InChI is InChI=1S/C23H24N2O4S/c1-17-3-7-19(8-4-17)15-25(30(28,29)22-13-5-18(2)6-14-22)16-20-9-11-21(12-10-20)23(26)24-27/h3-14,27H,15-16H2,1-2H3,(H,24,26). The molecule has 3 aromatic rings. The fourth-order valence-corrected chi connectivity index (χ4v) is 4.43. The highest BCUT2D eigenvalue weighted by Crippen LogP contribution is 2.22. The Bertz CT molecular complexity index is 1110. The number of benzene rings is 3. The summed E-state index contributed by atoms with van der Waals surface area (Å²) in [5.74, 6) is -0.620. The number of carbonyl (C=O) groups excluding carboxylic acids is 1. The van der Waals surface area contributed by atoms with Crippen molar-refractivity contribution in [2.45, 2.75) is 31.8 Å². The van der Waals surface area contributed by atoms with E-state index in [-0.39, 0.29) is 23.5 Å². The molecule has 0 unspecified atom stereocenters. The number of rotatable bonds is 7. The maximum atomic E-state index is 13.4. The van der Waals surface area contributed by atoms with E-state index in [9.17, 15) is 13.2 Å². The van der Waals surface area contributed by atoms with Gasteiger partial charge in [-0.3, -0.25) is 10.0 Å². The van der Waals surface area contributed by atoms with E-state index in [1.807, 2.05) is 38.1 Å². The Kier molecular flexibility index (Phi) is 6.66. The maximum Gasteiger partial charge on any atom is 0.274 e. The summed E-state index contributed by atoms with van der Waals surface area (Å²) in [6, 6.07) is 21.0. The van der Waals surface area contributed by atoms with E-state index in [1.54, 1.807) is 54.0 Å². The molecule has 6 nitrogen and oxygen atoms in total. The summed E-state index contributed by atoms with van der Waals surface area (Å²) in [5, 5.41) is 8.75. The van der Waals surface area contributed by atoms with Gasteiger partial charge in [0.15, 0.2) is 0 Å². The highest BCUT2D eigenvalue weighted by Gasteiger charge is 2.25. The Balaban J connectivity index is 1.93. The lowest BCUT2D eigenvalue weighted by Gasteiger charge is -2.23.